The number of carbonyl (C=O) groups is 1. The molecular weight excluding hydrogens is 431 g/mol. The van der Waals surface area contributed by atoms with Crippen LogP contribution in [0, 0.1) is 5.82 Å². The van der Waals surface area contributed by atoms with Gasteiger partial charge in [-0.25, -0.2) is 9.18 Å². The van der Waals surface area contributed by atoms with Gasteiger partial charge in [0.05, 0.1) is 32.1 Å². The summed E-state index contributed by atoms with van der Waals surface area (Å²) in [6, 6.07) is 15.2. The molecule has 1 amide bonds. The number of furan rings is 1. The zero-order chi connectivity index (χ0) is 23.4. The number of ether oxygens (including phenoxy) is 1. The quantitative estimate of drug-likeness (QED) is 0.462. The fourth-order valence-corrected chi connectivity index (χ4v) is 3.17. The molecule has 0 spiro atoms. The van der Waals surface area contributed by atoms with Gasteiger partial charge in [0.1, 0.15) is 17.3 Å². The third-order valence-electron chi connectivity index (χ3n) is 4.82. The number of aromatic nitrogens is 3. The van der Waals surface area contributed by atoms with Crippen LogP contribution in [0.15, 0.2) is 80.9 Å². The molecule has 168 valence electrons. The number of rotatable bonds is 7. The third-order valence-corrected chi connectivity index (χ3v) is 4.82. The van der Waals surface area contributed by atoms with Crippen LogP contribution in [0.5, 0.6) is 5.75 Å². The average Bonchev–Trinajstić information content (AvgIpc) is 3.34. The zero-order valence-corrected chi connectivity index (χ0v) is 17.5. The van der Waals surface area contributed by atoms with Crippen molar-refractivity contribution in [3.8, 4) is 11.4 Å². The lowest BCUT2D eigenvalue weighted by atomic mass is 10.2. The number of nitrogens with one attached hydrogen (secondary N) is 1. The first kappa shape index (κ1) is 21.8. The summed E-state index contributed by atoms with van der Waals surface area (Å²) in [4.78, 5) is 39.0. The minimum absolute atomic E-state index is 0.0263. The molecule has 0 radical (unpaired) electrons. The fraction of sp³-hybridized carbons (Fsp3) is 0.130. The van der Waals surface area contributed by atoms with Gasteiger partial charge < -0.3 is 14.5 Å². The zero-order valence-electron chi connectivity index (χ0n) is 17.5. The number of halogens is 1. The maximum Gasteiger partial charge on any atom is 0.352 e. The van der Waals surface area contributed by atoms with E-state index in [2.05, 4.69) is 10.4 Å². The summed E-state index contributed by atoms with van der Waals surface area (Å²) in [7, 11) is 1.50. The number of methoxy groups -OCH3 is 1. The molecule has 9 nitrogen and oxygen atoms in total. The third kappa shape index (κ3) is 4.74. The molecule has 0 fully saturated rings. The van der Waals surface area contributed by atoms with Gasteiger partial charge in [-0.1, -0.05) is 12.1 Å². The standard InChI is InChI=1S/C23H19FN4O5/c1-32-18-9-7-17(8-10-18)28-23(31)27(14-15-4-2-5-16(24)12-15)22(30)20(26-28)21(29)25-13-19-6-3-11-33-19/h2-12H,13-14H2,1H3,(H,25,29). The van der Waals surface area contributed by atoms with Crippen LogP contribution < -0.4 is 21.3 Å². The maximum absolute atomic E-state index is 13.7. The van der Waals surface area contributed by atoms with Crippen LogP contribution in [-0.4, -0.2) is 27.4 Å². The lowest BCUT2D eigenvalue weighted by Crippen LogP contribution is -2.46. The smallest absolute Gasteiger partial charge is 0.352 e. The summed E-state index contributed by atoms with van der Waals surface area (Å²) in [5.41, 5.74) is -1.48. The summed E-state index contributed by atoms with van der Waals surface area (Å²) in [6.45, 7) is -0.217. The van der Waals surface area contributed by atoms with Crippen molar-refractivity contribution in [3.05, 3.63) is 111 Å². The Hall–Kier alpha value is -4.47. The molecule has 0 atom stereocenters. The number of nitrogens with zero attached hydrogens (tertiary/aromatic N) is 3. The van der Waals surface area contributed by atoms with Gasteiger partial charge in [-0.2, -0.15) is 9.78 Å². The van der Waals surface area contributed by atoms with Crippen molar-refractivity contribution in [2.24, 2.45) is 0 Å². The molecular formula is C23H19FN4O5. The first-order valence-electron chi connectivity index (χ1n) is 9.90. The number of carbonyl (C=O) groups excluding carboxylic acids is 1. The van der Waals surface area contributed by atoms with Gasteiger partial charge >= 0.3 is 5.69 Å². The monoisotopic (exact) mass is 450 g/mol. The number of hydrogen-bond acceptors (Lipinski definition) is 6. The van der Waals surface area contributed by atoms with Crippen molar-refractivity contribution >= 4 is 5.91 Å². The SMILES string of the molecule is COc1ccc(-n2nc(C(=O)NCc3ccco3)c(=O)n(Cc3cccc(F)c3)c2=O)cc1. The summed E-state index contributed by atoms with van der Waals surface area (Å²) in [5.74, 6) is -0.267. The molecule has 0 aliphatic rings. The number of amides is 1. The Morgan fingerprint density at radius 2 is 1.91 bits per heavy atom. The second kappa shape index (κ2) is 9.35. The minimum atomic E-state index is -0.897. The van der Waals surface area contributed by atoms with E-state index < -0.39 is 28.7 Å². The van der Waals surface area contributed by atoms with Crippen LogP contribution in [0.2, 0.25) is 0 Å². The summed E-state index contributed by atoms with van der Waals surface area (Å²) >= 11 is 0. The van der Waals surface area contributed by atoms with Gasteiger partial charge in [0, 0.05) is 0 Å². The van der Waals surface area contributed by atoms with E-state index in [1.54, 1.807) is 42.5 Å². The molecule has 0 bridgehead atoms. The van der Waals surface area contributed by atoms with E-state index in [9.17, 15) is 18.8 Å². The molecule has 1 N–H and O–H groups in total. The molecule has 0 saturated carbocycles. The van der Waals surface area contributed by atoms with Crippen LogP contribution in [-0.2, 0) is 13.1 Å². The lowest BCUT2D eigenvalue weighted by Gasteiger charge is -2.12. The largest absolute Gasteiger partial charge is 0.497 e. The van der Waals surface area contributed by atoms with Crippen molar-refractivity contribution in [2.45, 2.75) is 13.1 Å². The molecule has 0 unspecified atom stereocenters. The molecule has 0 aliphatic heterocycles. The van der Waals surface area contributed by atoms with Gasteiger partial charge in [0.2, 0.25) is 5.69 Å². The molecule has 10 heteroatoms. The average molecular weight is 450 g/mol. The number of benzene rings is 2. The van der Waals surface area contributed by atoms with Crippen molar-refractivity contribution in [2.75, 3.05) is 7.11 Å². The van der Waals surface area contributed by atoms with Gasteiger partial charge in [-0.05, 0) is 54.1 Å². The topological polar surface area (TPSA) is 108 Å². The molecule has 4 aromatic rings. The Bertz CT molecular complexity index is 1390. The molecule has 33 heavy (non-hydrogen) atoms. The lowest BCUT2D eigenvalue weighted by molar-refractivity contribution is 0.0938. The van der Waals surface area contributed by atoms with Gasteiger partial charge in [0.15, 0.2) is 0 Å². The first-order chi connectivity index (χ1) is 16.0. The normalized spacial score (nSPS) is 10.7. The predicted octanol–water partition coefficient (Wildman–Crippen LogP) is 2.11. The van der Waals surface area contributed by atoms with Crippen molar-refractivity contribution in [1.82, 2.24) is 19.7 Å². The van der Waals surface area contributed by atoms with Crippen molar-refractivity contribution in [3.63, 3.8) is 0 Å². The van der Waals surface area contributed by atoms with Crippen LogP contribution in [0.25, 0.3) is 5.69 Å². The van der Waals surface area contributed by atoms with E-state index in [1.807, 2.05) is 0 Å². The molecule has 4 rings (SSSR count). The van der Waals surface area contributed by atoms with E-state index in [4.69, 9.17) is 9.15 Å². The predicted molar refractivity (Wildman–Crippen MR) is 116 cm³/mol. The second-order valence-corrected chi connectivity index (χ2v) is 7.02. The molecule has 0 saturated heterocycles. The summed E-state index contributed by atoms with van der Waals surface area (Å²) in [5, 5.41) is 6.59. The number of hydrogen-bond donors (Lipinski definition) is 1. The van der Waals surface area contributed by atoms with Crippen LogP contribution >= 0.6 is 0 Å². The van der Waals surface area contributed by atoms with E-state index in [0.717, 1.165) is 9.25 Å². The van der Waals surface area contributed by atoms with E-state index in [1.165, 1.54) is 31.6 Å². The highest BCUT2D eigenvalue weighted by atomic mass is 19.1. The summed E-state index contributed by atoms with van der Waals surface area (Å²) < 4.78 is 25.8. The van der Waals surface area contributed by atoms with E-state index >= 15 is 0 Å². The highest BCUT2D eigenvalue weighted by molar-refractivity contribution is 5.91. The Kier molecular flexibility index (Phi) is 6.16. The van der Waals surface area contributed by atoms with Gasteiger partial charge in [-0.3, -0.25) is 14.2 Å². The fourth-order valence-electron chi connectivity index (χ4n) is 3.17. The second-order valence-electron chi connectivity index (χ2n) is 7.02. The summed E-state index contributed by atoms with van der Waals surface area (Å²) in [6.07, 6.45) is 1.45. The molecule has 2 heterocycles. The van der Waals surface area contributed by atoms with Crippen molar-refractivity contribution < 1.29 is 18.3 Å². The van der Waals surface area contributed by atoms with Gasteiger partial charge in [0.25, 0.3) is 11.5 Å². The van der Waals surface area contributed by atoms with E-state index in [-0.39, 0.29) is 13.1 Å². The van der Waals surface area contributed by atoms with Crippen LogP contribution in [0.3, 0.4) is 0 Å². The first-order valence-corrected chi connectivity index (χ1v) is 9.90. The Balaban J connectivity index is 1.79. The maximum atomic E-state index is 13.7. The molecule has 0 aliphatic carbocycles. The molecule has 2 aromatic carbocycles. The highest BCUT2D eigenvalue weighted by Crippen LogP contribution is 2.13. The Morgan fingerprint density at radius 3 is 2.58 bits per heavy atom. The Morgan fingerprint density at radius 1 is 1.12 bits per heavy atom. The highest BCUT2D eigenvalue weighted by Gasteiger charge is 2.21. The van der Waals surface area contributed by atoms with Crippen LogP contribution in [0.4, 0.5) is 4.39 Å². The Labute approximate surface area is 186 Å². The van der Waals surface area contributed by atoms with E-state index in [0.29, 0.717) is 22.8 Å². The van der Waals surface area contributed by atoms with Crippen LogP contribution in [0.1, 0.15) is 21.8 Å². The van der Waals surface area contributed by atoms with Crippen molar-refractivity contribution in [1.29, 1.82) is 0 Å². The molecule has 2 aromatic heterocycles. The van der Waals surface area contributed by atoms with Gasteiger partial charge in [-0.15, -0.1) is 0 Å². The minimum Gasteiger partial charge on any atom is -0.497 e.